The normalized spacial score (nSPS) is 16.5. The van der Waals surface area contributed by atoms with E-state index < -0.39 is 5.97 Å². The number of hydrogen-bond acceptors (Lipinski definition) is 3. The van der Waals surface area contributed by atoms with Crippen LogP contribution in [0, 0.1) is 5.82 Å². The molecule has 1 aliphatic heterocycles. The Morgan fingerprint density at radius 1 is 1.13 bits per heavy atom. The highest BCUT2D eigenvalue weighted by Crippen LogP contribution is 2.46. The number of nitrogens with zero attached hydrogens (tertiary/aromatic N) is 1. The van der Waals surface area contributed by atoms with Gasteiger partial charge in [-0.15, -0.1) is 0 Å². The maximum atomic E-state index is 14.3. The van der Waals surface area contributed by atoms with Crippen LogP contribution in [-0.2, 0) is 16.1 Å². The lowest BCUT2D eigenvalue weighted by atomic mass is 9.81. The molecular weight excluding hydrogens is 383 g/mol. The summed E-state index contributed by atoms with van der Waals surface area (Å²) in [6, 6.07) is 10.00. The number of ether oxygens (including phenoxy) is 1. The average molecular weight is 406 g/mol. The van der Waals surface area contributed by atoms with Gasteiger partial charge in [0.2, 0.25) is 5.91 Å². The fourth-order valence-corrected chi connectivity index (χ4v) is 5.03. The molecule has 1 fully saturated rings. The molecule has 1 saturated carbocycles. The molecule has 1 aliphatic carbocycles. The van der Waals surface area contributed by atoms with E-state index in [0.717, 1.165) is 47.8 Å². The molecule has 3 aromatic rings. The number of amides is 1. The predicted octanol–water partition coefficient (Wildman–Crippen LogP) is 5.23. The van der Waals surface area contributed by atoms with Gasteiger partial charge in [-0.3, -0.25) is 4.79 Å². The van der Waals surface area contributed by atoms with Gasteiger partial charge in [-0.25, -0.2) is 9.18 Å². The summed E-state index contributed by atoms with van der Waals surface area (Å²) in [5, 5.41) is 3.93. The number of halogens is 1. The Morgan fingerprint density at radius 3 is 2.70 bits per heavy atom. The molecule has 5 nitrogen and oxygen atoms in total. The second kappa shape index (κ2) is 7.27. The van der Waals surface area contributed by atoms with Gasteiger partial charge in [-0.2, -0.15) is 0 Å². The van der Waals surface area contributed by atoms with Crippen LogP contribution in [0.25, 0.3) is 22.2 Å². The summed E-state index contributed by atoms with van der Waals surface area (Å²) < 4.78 is 21.1. The second-order valence-corrected chi connectivity index (χ2v) is 8.14. The van der Waals surface area contributed by atoms with Gasteiger partial charge in [0.25, 0.3) is 0 Å². The zero-order chi connectivity index (χ0) is 20.8. The molecule has 6 heteroatoms. The zero-order valence-electron chi connectivity index (χ0n) is 16.8. The lowest BCUT2D eigenvalue weighted by molar-refractivity contribution is -0.116. The molecule has 2 heterocycles. The van der Waals surface area contributed by atoms with Crippen LogP contribution in [0.5, 0.6) is 0 Å². The van der Waals surface area contributed by atoms with Gasteiger partial charge in [0.15, 0.2) is 0 Å². The number of methoxy groups -OCH3 is 1. The molecule has 0 unspecified atom stereocenters. The molecule has 1 aromatic heterocycles. The van der Waals surface area contributed by atoms with E-state index in [9.17, 15) is 14.0 Å². The molecule has 30 heavy (non-hydrogen) atoms. The van der Waals surface area contributed by atoms with Gasteiger partial charge in [0.05, 0.1) is 29.6 Å². The van der Waals surface area contributed by atoms with Gasteiger partial charge in [-0.05, 0) is 54.7 Å². The van der Waals surface area contributed by atoms with Gasteiger partial charge < -0.3 is 14.6 Å². The first-order valence-corrected chi connectivity index (χ1v) is 10.4. The van der Waals surface area contributed by atoms with Crippen LogP contribution in [0.1, 0.15) is 53.9 Å². The minimum Gasteiger partial charge on any atom is -0.465 e. The van der Waals surface area contributed by atoms with Crippen molar-refractivity contribution >= 4 is 28.5 Å². The zero-order valence-corrected chi connectivity index (χ0v) is 16.8. The van der Waals surface area contributed by atoms with Crippen LogP contribution in [0.2, 0.25) is 0 Å². The Hall–Kier alpha value is -3.15. The Morgan fingerprint density at radius 2 is 1.93 bits per heavy atom. The quantitative estimate of drug-likeness (QED) is 0.593. The standard InChI is InChI=1S/C24H23FN2O3/c1-30-24(29)15-7-9-17-20(11-15)27-13-21(28)26-19-10-8-16(25)12-18(19)23(27)22(17)14-5-3-2-4-6-14/h7-12,14H,2-6,13H2,1H3,(H,26,28). The Balaban J connectivity index is 1.85. The van der Waals surface area contributed by atoms with Crippen molar-refractivity contribution in [3.63, 3.8) is 0 Å². The van der Waals surface area contributed by atoms with Crippen LogP contribution >= 0.6 is 0 Å². The molecule has 0 bridgehead atoms. The number of aromatic nitrogens is 1. The molecule has 1 amide bonds. The highest BCUT2D eigenvalue weighted by atomic mass is 19.1. The second-order valence-electron chi connectivity index (χ2n) is 8.14. The van der Waals surface area contributed by atoms with Crippen LogP contribution in [-0.4, -0.2) is 23.6 Å². The van der Waals surface area contributed by atoms with E-state index in [1.165, 1.54) is 25.7 Å². The third-order valence-electron chi connectivity index (χ3n) is 6.35. The number of benzene rings is 2. The van der Waals surface area contributed by atoms with Gasteiger partial charge in [-0.1, -0.05) is 25.3 Å². The molecule has 2 aliphatic rings. The van der Waals surface area contributed by atoms with Crippen molar-refractivity contribution in [2.24, 2.45) is 0 Å². The van der Waals surface area contributed by atoms with Crippen molar-refractivity contribution in [1.82, 2.24) is 4.57 Å². The first kappa shape index (κ1) is 18.9. The van der Waals surface area contributed by atoms with Crippen molar-refractivity contribution in [3.8, 4) is 11.3 Å². The largest absolute Gasteiger partial charge is 0.465 e. The van der Waals surface area contributed by atoms with Crippen molar-refractivity contribution in [2.75, 3.05) is 12.4 Å². The first-order chi connectivity index (χ1) is 14.6. The van der Waals surface area contributed by atoms with Crippen LogP contribution in [0.15, 0.2) is 36.4 Å². The first-order valence-electron chi connectivity index (χ1n) is 10.4. The van der Waals surface area contributed by atoms with Crippen LogP contribution in [0.4, 0.5) is 10.1 Å². The van der Waals surface area contributed by atoms with E-state index in [2.05, 4.69) is 5.32 Å². The molecule has 0 spiro atoms. The fourth-order valence-electron chi connectivity index (χ4n) is 5.03. The maximum absolute atomic E-state index is 14.3. The fraction of sp³-hybridized carbons (Fsp3) is 0.333. The van der Waals surface area contributed by atoms with E-state index in [1.54, 1.807) is 18.2 Å². The molecule has 0 saturated heterocycles. The third kappa shape index (κ3) is 2.98. The molecule has 1 N–H and O–H groups in total. The van der Waals surface area contributed by atoms with Crippen molar-refractivity contribution in [1.29, 1.82) is 0 Å². The Labute approximate surface area is 173 Å². The smallest absolute Gasteiger partial charge is 0.337 e. The highest BCUT2D eigenvalue weighted by Gasteiger charge is 2.30. The third-order valence-corrected chi connectivity index (χ3v) is 6.35. The molecule has 154 valence electrons. The number of esters is 1. The number of carbonyl (C=O) groups excluding carboxylic acids is 2. The minimum absolute atomic E-state index is 0.111. The topological polar surface area (TPSA) is 60.3 Å². The van der Waals surface area contributed by atoms with E-state index in [0.29, 0.717) is 22.7 Å². The number of nitrogens with one attached hydrogen (secondary N) is 1. The molecule has 2 aromatic carbocycles. The molecule has 0 atom stereocenters. The van der Waals surface area contributed by atoms with Crippen molar-refractivity contribution in [2.45, 2.75) is 44.6 Å². The van der Waals surface area contributed by atoms with Crippen LogP contribution in [0.3, 0.4) is 0 Å². The van der Waals surface area contributed by atoms with Crippen molar-refractivity contribution < 1.29 is 18.7 Å². The number of anilines is 1. The lowest BCUT2D eigenvalue weighted by Gasteiger charge is -2.23. The number of carbonyl (C=O) groups is 2. The van der Waals surface area contributed by atoms with E-state index in [1.807, 2.05) is 10.6 Å². The van der Waals surface area contributed by atoms with E-state index in [4.69, 9.17) is 4.74 Å². The SMILES string of the molecule is COC(=O)c1ccc2c(C3CCCCC3)c3n(c2c1)CC(=O)Nc1ccc(F)cc1-3. The summed E-state index contributed by atoms with van der Waals surface area (Å²) in [6.45, 7) is 0.111. The molecule has 5 rings (SSSR count). The lowest BCUT2D eigenvalue weighted by Crippen LogP contribution is -2.16. The number of fused-ring (bicyclic) bond motifs is 5. The summed E-state index contributed by atoms with van der Waals surface area (Å²) in [7, 11) is 1.35. The predicted molar refractivity (Wildman–Crippen MR) is 113 cm³/mol. The minimum atomic E-state index is -0.420. The maximum Gasteiger partial charge on any atom is 0.337 e. The Kier molecular flexibility index (Phi) is 4.57. The summed E-state index contributed by atoms with van der Waals surface area (Å²) in [6.07, 6.45) is 5.67. The van der Waals surface area contributed by atoms with E-state index >= 15 is 0 Å². The Bertz CT molecular complexity index is 1170. The highest BCUT2D eigenvalue weighted by molar-refractivity contribution is 6.04. The van der Waals surface area contributed by atoms with Gasteiger partial charge >= 0.3 is 5.97 Å². The number of hydrogen-bond donors (Lipinski definition) is 1. The van der Waals surface area contributed by atoms with Crippen LogP contribution < -0.4 is 5.32 Å². The van der Waals surface area contributed by atoms with Gasteiger partial charge in [0, 0.05) is 10.9 Å². The summed E-state index contributed by atoms with van der Waals surface area (Å²) in [5.74, 6) is -0.592. The molecule has 0 radical (unpaired) electrons. The summed E-state index contributed by atoms with van der Waals surface area (Å²) in [5.41, 5.74) is 4.59. The monoisotopic (exact) mass is 406 g/mol. The molecular formula is C24H23FN2O3. The summed E-state index contributed by atoms with van der Waals surface area (Å²) >= 11 is 0. The van der Waals surface area contributed by atoms with E-state index in [-0.39, 0.29) is 18.3 Å². The summed E-state index contributed by atoms with van der Waals surface area (Å²) in [4.78, 5) is 24.8. The number of rotatable bonds is 2. The average Bonchev–Trinajstić information content (AvgIpc) is 3.00. The van der Waals surface area contributed by atoms with Gasteiger partial charge in [0.1, 0.15) is 12.4 Å². The van der Waals surface area contributed by atoms with Crippen molar-refractivity contribution in [3.05, 3.63) is 53.3 Å².